The molecule has 0 saturated carbocycles. The molecule has 33 heavy (non-hydrogen) atoms. The first kappa shape index (κ1) is 24.8. The summed E-state index contributed by atoms with van der Waals surface area (Å²) in [5.74, 6) is 0.183. The smallest absolute Gasteiger partial charge is 0.416 e. The third-order valence-electron chi connectivity index (χ3n) is 5.11. The molecule has 7 heteroatoms. The molecule has 1 aromatic heterocycles. The van der Waals surface area contributed by atoms with Crippen LogP contribution < -0.4 is 4.74 Å². The van der Waals surface area contributed by atoms with Gasteiger partial charge in [0, 0.05) is 17.4 Å². The van der Waals surface area contributed by atoms with E-state index in [2.05, 4.69) is 6.92 Å². The molecule has 0 N–H and O–H groups in total. The van der Waals surface area contributed by atoms with Gasteiger partial charge in [0.15, 0.2) is 0 Å². The molecule has 3 aromatic rings. The number of benzene rings is 2. The van der Waals surface area contributed by atoms with Crippen LogP contribution in [0.1, 0.15) is 55.2 Å². The van der Waals surface area contributed by atoms with Crippen LogP contribution in [-0.2, 0) is 11.0 Å². The highest BCUT2D eigenvalue weighted by atomic mass is 32.2. The first-order valence-corrected chi connectivity index (χ1v) is 11.7. The highest BCUT2D eigenvalue weighted by Gasteiger charge is 2.30. The second-order valence-electron chi connectivity index (χ2n) is 7.79. The topological polar surface area (TPSA) is 39.2 Å². The predicted octanol–water partition coefficient (Wildman–Crippen LogP) is 8.02. The molecule has 2 aromatic carbocycles. The van der Waals surface area contributed by atoms with Crippen molar-refractivity contribution in [2.45, 2.75) is 56.4 Å². The predicted molar refractivity (Wildman–Crippen MR) is 125 cm³/mol. The van der Waals surface area contributed by atoms with Gasteiger partial charge in [-0.2, -0.15) is 13.2 Å². The lowest BCUT2D eigenvalue weighted by Crippen LogP contribution is -2.04. The maximum absolute atomic E-state index is 12.9. The molecule has 3 nitrogen and oxygen atoms in total. The number of aromatic nitrogens is 1. The molecule has 0 aliphatic heterocycles. The largest absolute Gasteiger partial charge is 0.426 e. The zero-order valence-corrected chi connectivity index (χ0v) is 19.6. The van der Waals surface area contributed by atoms with Crippen LogP contribution in [0.4, 0.5) is 13.2 Å². The van der Waals surface area contributed by atoms with Crippen molar-refractivity contribution < 1.29 is 22.7 Å². The number of unbranched alkanes of at least 4 members (excludes halogenated alkanes) is 1. The summed E-state index contributed by atoms with van der Waals surface area (Å²) in [7, 11) is 0. The molecule has 0 saturated heterocycles. The van der Waals surface area contributed by atoms with Gasteiger partial charge in [0.2, 0.25) is 0 Å². The van der Waals surface area contributed by atoms with Gasteiger partial charge in [-0.3, -0.25) is 9.78 Å². The molecule has 1 heterocycles. The van der Waals surface area contributed by atoms with Crippen molar-refractivity contribution in [1.82, 2.24) is 4.98 Å². The molecule has 3 rings (SSSR count). The summed E-state index contributed by atoms with van der Waals surface area (Å²) in [5.41, 5.74) is 2.37. The van der Waals surface area contributed by atoms with Gasteiger partial charge in [-0.15, -0.1) is 11.8 Å². The molecule has 0 aliphatic rings. The number of nitrogens with zero attached hydrogens (tertiary/aromatic N) is 1. The van der Waals surface area contributed by atoms with Crippen LogP contribution in [0.5, 0.6) is 5.75 Å². The minimum absolute atomic E-state index is 0.0818. The Morgan fingerprint density at radius 3 is 2.42 bits per heavy atom. The SMILES string of the molecule is CCCC[C@H](Sc1ccc(OC(C)=O)c(C)c1)c1cccc(-c2ccc(C(F)(F)F)cc2)n1. The van der Waals surface area contributed by atoms with Crippen LogP contribution in [0.25, 0.3) is 11.3 Å². The number of ether oxygens (including phenoxy) is 1. The van der Waals surface area contributed by atoms with Gasteiger partial charge < -0.3 is 4.74 Å². The van der Waals surface area contributed by atoms with Gasteiger partial charge in [-0.1, -0.05) is 38.0 Å². The van der Waals surface area contributed by atoms with E-state index in [1.54, 1.807) is 17.8 Å². The zero-order chi connectivity index (χ0) is 24.0. The fourth-order valence-corrected chi connectivity index (χ4v) is 4.66. The lowest BCUT2D eigenvalue weighted by molar-refractivity contribution is -0.137. The van der Waals surface area contributed by atoms with E-state index in [0.717, 1.165) is 47.5 Å². The molecule has 0 amide bonds. The molecular weight excluding hydrogens is 447 g/mol. The van der Waals surface area contributed by atoms with Crippen molar-refractivity contribution in [2.24, 2.45) is 0 Å². The zero-order valence-electron chi connectivity index (χ0n) is 18.8. The van der Waals surface area contributed by atoms with E-state index in [-0.39, 0.29) is 11.2 Å². The molecule has 0 aliphatic carbocycles. The summed E-state index contributed by atoms with van der Waals surface area (Å²) in [4.78, 5) is 17.1. The number of hydrogen-bond donors (Lipinski definition) is 0. The van der Waals surface area contributed by atoms with E-state index < -0.39 is 11.7 Å². The number of carbonyl (C=O) groups is 1. The van der Waals surface area contributed by atoms with Crippen LogP contribution in [-0.4, -0.2) is 11.0 Å². The maximum Gasteiger partial charge on any atom is 0.416 e. The standard InChI is InChI=1S/C26H26F3NO2S/c1-4-5-9-25(33-21-14-15-24(17(2)16-21)32-18(3)31)23-8-6-7-22(30-23)19-10-12-20(13-11-19)26(27,28)29/h6-8,10-16,25H,4-5,9H2,1-3H3/t25-/m0/s1. The van der Waals surface area contributed by atoms with Gasteiger partial charge in [-0.25, -0.2) is 0 Å². The first-order valence-electron chi connectivity index (χ1n) is 10.8. The number of alkyl halides is 3. The van der Waals surface area contributed by atoms with Crippen molar-refractivity contribution in [1.29, 1.82) is 0 Å². The number of esters is 1. The average molecular weight is 474 g/mol. The second-order valence-corrected chi connectivity index (χ2v) is 9.07. The van der Waals surface area contributed by atoms with Crippen LogP contribution in [0, 0.1) is 6.92 Å². The number of thioether (sulfide) groups is 1. The number of halogens is 3. The molecule has 0 fully saturated rings. The van der Waals surface area contributed by atoms with Crippen molar-refractivity contribution in [3.8, 4) is 17.0 Å². The molecule has 174 valence electrons. The Labute approximate surface area is 196 Å². The third-order valence-corrected chi connectivity index (χ3v) is 6.39. The van der Waals surface area contributed by atoms with E-state index in [4.69, 9.17) is 9.72 Å². The summed E-state index contributed by atoms with van der Waals surface area (Å²) < 4.78 is 43.9. The molecule has 0 spiro atoms. The fourth-order valence-electron chi connectivity index (χ4n) is 3.41. The number of carbonyl (C=O) groups excluding carboxylic acids is 1. The molecular formula is C26H26F3NO2S. The summed E-state index contributed by atoms with van der Waals surface area (Å²) in [6.07, 6.45) is -1.39. The van der Waals surface area contributed by atoms with Crippen molar-refractivity contribution in [2.75, 3.05) is 0 Å². The summed E-state index contributed by atoms with van der Waals surface area (Å²) in [6, 6.07) is 16.5. The lowest BCUT2D eigenvalue weighted by atomic mass is 10.1. The monoisotopic (exact) mass is 473 g/mol. The summed E-state index contributed by atoms with van der Waals surface area (Å²) >= 11 is 1.68. The van der Waals surface area contributed by atoms with Crippen LogP contribution in [0.15, 0.2) is 65.6 Å². The van der Waals surface area contributed by atoms with Gasteiger partial charge in [0.05, 0.1) is 22.2 Å². The molecule has 0 bridgehead atoms. The van der Waals surface area contributed by atoms with Gasteiger partial charge >= 0.3 is 12.1 Å². The highest BCUT2D eigenvalue weighted by Crippen LogP contribution is 2.40. The number of pyridine rings is 1. The number of rotatable bonds is 8. The Bertz CT molecular complexity index is 1100. The summed E-state index contributed by atoms with van der Waals surface area (Å²) in [5, 5.41) is 0.0818. The third kappa shape index (κ3) is 6.84. The highest BCUT2D eigenvalue weighted by molar-refractivity contribution is 7.99. The Balaban J connectivity index is 1.86. The number of aryl methyl sites for hydroxylation is 1. The quantitative estimate of drug-likeness (QED) is 0.189. The maximum atomic E-state index is 12.9. The fraction of sp³-hybridized carbons (Fsp3) is 0.308. The van der Waals surface area contributed by atoms with E-state index >= 15 is 0 Å². The minimum atomic E-state index is -4.36. The van der Waals surface area contributed by atoms with Gasteiger partial charge in [0.1, 0.15) is 5.75 Å². The van der Waals surface area contributed by atoms with Crippen LogP contribution in [0.3, 0.4) is 0 Å². The Hall–Kier alpha value is -2.80. The van der Waals surface area contributed by atoms with E-state index in [1.165, 1.54) is 19.1 Å². The van der Waals surface area contributed by atoms with E-state index in [9.17, 15) is 18.0 Å². The Morgan fingerprint density at radius 2 is 1.82 bits per heavy atom. The van der Waals surface area contributed by atoms with Gasteiger partial charge in [-0.05, 0) is 61.4 Å². The Morgan fingerprint density at radius 1 is 1.09 bits per heavy atom. The molecule has 1 atom stereocenters. The van der Waals surface area contributed by atoms with Crippen LogP contribution in [0.2, 0.25) is 0 Å². The minimum Gasteiger partial charge on any atom is -0.426 e. The van der Waals surface area contributed by atoms with Crippen molar-refractivity contribution in [3.63, 3.8) is 0 Å². The van der Waals surface area contributed by atoms with Gasteiger partial charge in [0.25, 0.3) is 0 Å². The van der Waals surface area contributed by atoms with E-state index in [1.807, 2.05) is 37.3 Å². The molecule has 0 radical (unpaired) electrons. The first-order chi connectivity index (χ1) is 15.7. The van der Waals surface area contributed by atoms with Crippen molar-refractivity contribution >= 4 is 17.7 Å². The number of hydrogen-bond acceptors (Lipinski definition) is 4. The van der Waals surface area contributed by atoms with Crippen LogP contribution >= 0.6 is 11.8 Å². The van der Waals surface area contributed by atoms with E-state index in [0.29, 0.717) is 17.0 Å². The molecule has 0 unspecified atom stereocenters. The second kappa shape index (κ2) is 10.9. The Kier molecular flexibility index (Phi) is 8.19. The van der Waals surface area contributed by atoms with Crippen molar-refractivity contribution in [3.05, 3.63) is 77.5 Å². The normalized spacial score (nSPS) is 12.4. The lowest BCUT2D eigenvalue weighted by Gasteiger charge is -2.18. The average Bonchev–Trinajstić information content (AvgIpc) is 2.78. The summed E-state index contributed by atoms with van der Waals surface area (Å²) in [6.45, 7) is 5.40.